The van der Waals surface area contributed by atoms with Crippen molar-refractivity contribution in [1.82, 2.24) is 25.9 Å². The van der Waals surface area contributed by atoms with E-state index in [1.807, 2.05) is 11.8 Å². The molecule has 2 aromatic rings. The van der Waals surface area contributed by atoms with E-state index in [1.54, 1.807) is 0 Å². The molecule has 0 bridgehead atoms. The monoisotopic (exact) mass is 407 g/mol. The molecule has 4 rings (SSSR count). The summed E-state index contributed by atoms with van der Waals surface area (Å²) in [7, 11) is 0. The topological polar surface area (TPSA) is 116 Å². The van der Waals surface area contributed by atoms with Gasteiger partial charge in [-0.3, -0.25) is 5.14 Å². The number of aromatic nitrogens is 4. The van der Waals surface area contributed by atoms with Crippen molar-refractivity contribution in [3.05, 3.63) is 12.1 Å². The number of benzene rings is 1. The van der Waals surface area contributed by atoms with E-state index >= 15 is 0 Å². The van der Waals surface area contributed by atoms with Crippen LogP contribution in [0.2, 0.25) is 0 Å². The molecule has 0 atom stereocenters. The smallest absolute Gasteiger partial charge is 0.182 e. The van der Waals surface area contributed by atoms with Crippen molar-refractivity contribution < 1.29 is 5.11 Å². The van der Waals surface area contributed by atoms with Gasteiger partial charge in [0.15, 0.2) is 5.82 Å². The van der Waals surface area contributed by atoms with Crippen LogP contribution in [0.1, 0.15) is 19.3 Å². The number of nitrogens with one attached hydrogen (secondary N) is 2. The zero-order chi connectivity index (χ0) is 18.6. The van der Waals surface area contributed by atoms with E-state index in [2.05, 4.69) is 43.0 Å². The number of anilines is 1. The number of thioether (sulfide) groups is 1. The van der Waals surface area contributed by atoms with Gasteiger partial charge in [0, 0.05) is 53.5 Å². The van der Waals surface area contributed by atoms with E-state index in [0.29, 0.717) is 17.0 Å². The summed E-state index contributed by atoms with van der Waals surface area (Å²) in [5.41, 5.74) is 2.12. The van der Waals surface area contributed by atoms with E-state index in [9.17, 15) is 5.11 Å². The van der Waals surface area contributed by atoms with Crippen molar-refractivity contribution in [2.24, 2.45) is 11.1 Å². The van der Waals surface area contributed by atoms with Crippen molar-refractivity contribution in [1.29, 1.82) is 0 Å². The molecule has 2 aliphatic heterocycles. The third-order valence-corrected chi connectivity index (χ3v) is 7.38. The van der Waals surface area contributed by atoms with E-state index in [1.165, 1.54) is 16.8 Å². The second kappa shape index (κ2) is 8.78. The van der Waals surface area contributed by atoms with Gasteiger partial charge in [0.1, 0.15) is 0 Å². The van der Waals surface area contributed by atoms with E-state index < -0.39 is 0 Å². The predicted molar refractivity (Wildman–Crippen MR) is 109 cm³/mol. The Bertz CT molecular complexity index is 746. The Morgan fingerprint density at radius 2 is 2.07 bits per heavy atom. The summed E-state index contributed by atoms with van der Waals surface area (Å²) in [4.78, 5) is 4.60. The molecule has 0 spiro atoms. The molecular weight excluding hydrogens is 382 g/mol. The lowest BCUT2D eigenvalue weighted by atomic mass is 9.93. The van der Waals surface area contributed by atoms with Crippen molar-refractivity contribution in [3.63, 3.8) is 0 Å². The summed E-state index contributed by atoms with van der Waals surface area (Å²) in [5.74, 6) is 1.26. The average Bonchev–Trinajstić information content (AvgIpc) is 3.19. The number of nitrogens with two attached hydrogens (primary N) is 1. The molecule has 8 nitrogen and oxygen atoms in total. The first-order chi connectivity index (χ1) is 13.3. The minimum Gasteiger partial charge on any atom is -0.396 e. The Morgan fingerprint density at radius 3 is 2.67 bits per heavy atom. The van der Waals surface area contributed by atoms with Gasteiger partial charge >= 0.3 is 0 Å². The Morgan fingerprint density at radius 1 is 1.26 bits per heavy atom. The van der Waals surface area contributed by atoms with Crippen molar-refractivity contribution in [3.8, 4) is 11.4 Å². The van der Waals surface area contributed by atoms with Crippen LogP contribution in [0.25, 0.3) is 11.4 Å². The van der Waals surface area contributed by atoms with Gasteiger partial charge < -0.3 is 15.3 Å². The SMILES string of the molecule is NSc1c(SC2CNC2)ccc(N2CCC(CCO)CC2)c1-c1nnn[nH]1. The van der Waals surface area contributed by atoms with Crippen LogP contribution in [0.5, 0.6) is 0 Å². The standard InChI is InChI=1S/C17H25N7OS2/c18-27-16-14(26-12-9-19-10-12)2-1-13(15(16)17-20-22-23-21-17)24-6-3-11(4-7-24)5-8-25/h1-2,11-12,19,25H,3-10,18H2,(H,20,21,22,23). The fourth-order valence-electron chi connectivity index (χ4n) is 3.69. The first kappa shape index (κ1) is 19.0. The van der Waals surface area contributed by atoms with Crippen molar-refractivity contribution in [2.75, 3.05) is 37.7 Å². The minimum atomic E-state index is 0.273. The number of H-pyrrole nitrogens is 1. The molecule has 0 unspecified atom stereocenters. The number of rotatable bonds is 7. The summed E-state index contributed by atoms with van der Waals surface area (Å²) in [6.45, 7) is 4.26. The summed E-state index contributed by atoms with van der Waals surface area (Å²) < 4.78 is 0. The lowest BCUT2D eigenvalue weighted by Gasteiger charge is -2.35. The van der Waals surface area contributed by atoms with Gasteiger partial charge in [0.25, 0.3) is 0 Å². The number of tetrazole rings is 1. The normalized spacial score (nSPS) is 18.7. The zero-order valence-corrected chi connectivity index (χ0v) is 16.7. The molecule has 146 valence electrons. The molecule has 0 saturated carbocycles. The highest BCUT2D eigenvalue weighted by Gasteiger charge is 2.27. The molecule has 5 N–H and O–H groups in total. The van der Waals surface area contributed by atoms with Crippen LogP contribution >= 0.6 is 23.7 Å². The molecular formula is C17H25N7OS2. The third kappa shape index (κ3) is 4.09. The molecule has 2 fully saturated rings. The van der Waals surface area contributed by atoms with Crippen LogP contribution in [0, 0.1) is 5.92 Å². The lowest BCUT2D eigenvalue weighted by molar-refractivity contribution is 0.240. The highest BCUT2D eigenvalue weighted by molar-refractivity contribution is 8.02. The van der Waals surface area contributed by atoms with Gasteiger partial charge in [-0.25, -0.2) is 5.10 Å². The molecule has 0 amide bonds. The van der Waals surface area contributed by atoms with E-state index in [4.69, 9.17) is 5.14 Å². The fraction of sp³-hybridized carbons (Fsp3) is 0.588. The van der Waals surface area contributed by atoms with E-state index in [0.717, 1.165) is 61.6 Å². The van der Waals surface area contributed by atoms with Gasteiger partial charge in [-0.1, -0.05) is 0 Å². The molecule has 2 aliphatic rings. The Balaban J connectivity index is 1.66. The van der Waals surface area contributed by atoms with Crippen LogP contribution in [0.15, 0.2) is 21.9 Å². The minimum absolute atomic E-state index is 0.273. The molecule has 3 heterocycles. The maximum Gasteiger partial charge on any atom is 0.182 e. The van der Waals surface area contributed by atoms with Crippen molar-refractivity contribution >= 4 is 29.4 Å². The largest absolute Gasteiger partial charge is 0.396 e. The Kier molecular flexibility index (Phi) is 6.18. The number of hydrogen-bond acceptors (Lipinski definition) is 9. The van der Waals surface area contributed by atoms with Gasteiger partial charge in [-0.2, -0.15) is 0 Å². The number of aliphatic hydroxyl groups excluding tert-OH is 1. The summed E-state index contributed by atoms with van der Waals surface area (Å²) >= 11 is 3.13. The third-order valence-electron chi connectivity index (χ3n) is 5.33. The van der Waals surface area contributed by atoms with Crippen molar-refractivity contribution in [2.45, 2.75) is 34.3 Å². The van der Waals surface area contributed by atoms with Crippen LogP contribution in [-0.2, 0) is 0 Å². The van der Waals surface area contributed by atoms with Crippen LogP contribution in [0.4, 0.5) is 5.69 Å². The lowest BCUT2D eigenvalue weighted by Crippen LogP contribution is -2.44. The maximum atomic E-state index is 9.20. The molecule has 27 heavy (non-hydrogen) atoms. The van der Waals surface area contributed by atoms with Gasteiger partial charge in [-0.05, 0) is 59.7 Å². The number of nitrogens with zero attached hydrogens (tertiary/aromatic N) is 4. The molecule has 1 aromatic carbocycles. The first-order valence-corrected chi connectivity index (χ1v) is 11.1. The average molecular weight is 408 g/mol. The summed E-state index contributed by atoms with van der Waals surface area (Å²) in [6.07, 6.45) is 3.07. The predicted octanol–water partition coefficient (Wildman–Crippen LogP) is 1.50. The number of piperidine rings is 1. The van der Waals surface area contributed by atoms with Gasteiger partial charge in [0.2, 0.25) is 0 Å². The second-order valence-electron chi connectivity index (χ2n) is 7.00. The maximum absolute atomic E-state index is 9.20. The highest BCUT2D eigenvalue weighted by Crippen LogP contribution is 2.44. The number of hydrogen-bond donors (Lipinski definition) is 4. The van der Waals surface area contributed by atoms with Crippen LogP contribution in [-0.4, -0.2) is 63.8 Å². The Hall–Kier alpha value is -1.33. The quantitative estimate of drug-likeness (QED) is 0.507. The number of aromatic amines is 1. The van der Waals surface area contributed by atoms with Gasteiger partial charge in [0.05, 0.1) is 5.56 Å². The van der Waals surface area contributed by atoms with Gasteiger partial charge in [-0.15, -0.1) is 16.9 Å². The molecule has 10 heteroatoms. The Labute approximate surface area is 167 Å². The van der Waals surface area contributed by atoms with Crippen LogP contribution in [0.3, 0.4) is 0 Å². The molecule has 0 radical (unpaired) electrons. The van der Waals surface area contributed by atoms with Crippen LogP contribution < -0.4 is 15.4 Å². The number of aliphatic hydroxyl groups is 1. The first-order valence-electron chi connectivity index (χ1n) is 9.31. The summed E-state index contributed by atoms with van der Waals surface area (Å²) in [5, 5.41) is 33.9. The second-order valence-corrected chi connectivity index (χ2v) is 8.98. The fourth-order valence-corrected chi connectivity index (χ4v) is 5.60. The molecule has 1 aromatic heterocycles. The molecule has 2 saturated heterocycles. The zero-order valence-electron chi connectivity index (χ0n) is 15.1. The highest BCUT2D eigenvalue weighted by atomic mass is 32.2. The van der Waals surface area contributed by atoms with E-state index in [-0.39, 0.29) is 6.61 Å². The summed E-state index contributed by atoms with van der Waals surface area (Å²) in [6, 6.07) is 4.36. The molecule has 0 aliphatic carbocycles.